The van der Waals surface area contributed by atoms with Crippen molar-refractivity contribution in [3.05, 3.63) is 35.4 Å². The van der Waals surface area contributed by atoms with Crippen LogP contribution in [0.15, 0.2) is 24.3 Å². The zero-order valence-electron chi connectivity index (χ0n) is 10.0. The van der Waals surface area contributed by atoms with E-state index < -0.39 is 17.6 Å². The summed E-state index contributed by atoms with van der Waals surface area (Å²) < 4.78 is 38.2. The molecule has 2 nitrogen and oxygen atoms in total. The molecule has 0 aliphatic heterocycles. The number of hydrogen-bond acceptors (Lipinski definition) is 1. The van der Waals surface area contributed by atoms with Crippen molar-refractivity contribution in [1.82, 2.24) is 5.32 Å². The molecule has 0 bridgehead atoms. The summed E-state index contributed by atoms with van der Waals surface area (Å²) in [5.41, 5.74) is -1.29. The summed E-state index contributed by atoms with van der Waals surface area (Å²) in [7, 11) is 0. The van der Waals surface area contributed by atoms with Gasteiger partial charge in [-0.2, -0.15) is 13.2 Å². The van der Waals surface area contributed by atoms with Crippen LogP contribution in [0.25, 0.3) is 0 Å². The van der Waals surface area contributed by atoms with Gasteiger partial charge < -0.3 is 5.32 Å². The zero-order valence-corrected chi connectivity index (χ0v) is 10.8. The molecule has 19 heavy (non-hydrogen) atoms. The van der Waals surface area contributed by atoms with Crippen LogP contribution in [0.1, 0.15) is 28.8 Å². The quantitative estimate of drug-likeness (QED) is 0.846. The predicted molar refractivity (Wildman–Crippen MR) is 66.1 cm³/mol. The van der Waals surface area contributed by atoms with Crippen molar-refractivity contribution in [3.8, 4) is 0 Å². The summed E-state index contributed by atoms with van der Waals surface area (Å²) >= 11 is 6.00. The number of halogens is 4. The van der Waals surface area contributed by atoms with Crippen LogP contribution in [0.4, 0.5) is 13.2 Å². The Labute approximate surface area is 113 Å². The monoisotopic (exact) mass is 291 g/mol. The summed E-state index contributed by atoms with van der Waals surface area (Å²) in [4.78, 5) is 11.8. The van der Waals surface area contributed by atoms with Gasteiger partial charge >= 0.3 is 6.18 Å². The largest absolute Gasteiger partial charge is 0.417 e. The van der Waals surface area contributed by atoms with E-state index in [1.807, 2.05) is 0 Å². The molecule has 1 aliphatic rings. The van der Waals surface area contributed by atoms with Crippen LogP contribution in [0.5, 0.6) is 0 Å². The molecule has 0 saturated heterocycles. The highest BCUT2D eigenvalue weighted by Gasteiger charge is 2.35. The first kappa shape index (κ1) is 14.2. The molecule has 104 valence electrons. The van der Waals surface area contributed by atoms with Crippen LogP contribution >= 0.6 is 11.6 Å². The number of hydrogen-bond donors (Lipinski definition) is 1. The fourth-order valence-corrected chi connectivity index (χ4v) is 2.17. The molecule has 1 fully saturated rings. The third-order valence-electron chi connectivity index (χ3n) is 3.07. The molecule has 1 atom stereocenters. The van der Waals surface area contributed by atoms with Crippen LogP contribution in [0.3, 0.4) is 0 Å². The molecule has 6 heteroatoms. The molecule has 1 aromatic carbocycles. The zero-order chi connectivity index (χ0) is 14.0. The van der Waals surface area contributed by atoms with Gasteiger partial charge in [0.25, 0.3) is 5.91 Å². The van der Waals surface area contributed by atoms with E-state index >= 15 is 0 Å². The van der Waals surface area contributed by atoms with Crippen LogP contribution in [0.2, 0.25) is 0 Å². The van der Waals surface area contributed by atoms with E-state index in [0.29, 0.717) is 5.92 Å². The van der Waals surface area contributed by atoms with Crippen molar-refractivity contribution in [1.29, 1.82) is 0 Å². The lowest BCUT2D eigenvalue weighted by molar-refractivity contribution is -0.137. The van der Waals surface area contributed by atoms with Crippen LogP contribution in [-0.4, -0.2) is 17.8 Å². The number of amides is 1. The minimum Gasteiger partial charge on any atom is -0.351 e. The number of nitrogens with one attached hydrogen (secondary N) is 1. The van der Waals surface area contributed by atoms with E-state index in [-0.39, 0.29) is 17.5 Å². The highest BCUT2D eigenvalue weighted by Crippen LogP contribution is 2.35. The van der Waals surface area contributed by atoms with E-state index in [1.54, 1.807) is 0 Å². The minimum absolute atomic E-state index is 0.192. The van der Waals surface area contributed by atoms with E-state index in [0.717, 1.165) is 18.9 Å². The van der Waals surface area contributed by atoms with Gasteiger partial charge in [0.1, 0.15) is 0 Å². The van der Waals surface area contributed by atoms with Gasteiger partial charge in [-0.1, -0.05) is 12.1 Å². The third-order valence-corrected chi connectivity index (χ3v) is 3.58. The number of carbonyl (C=O) groups excluding carboxylic acids is 1. The summed E-state index contributed by atoms with van der Waals surface area (Å²) in [6, 6.07) is 4.73. The molecule has 1 N–H and O–H groups in total. The topological polar surface area (TPSA) is 29.1 Å². The molecular weight excluding hydrogens is 279 g/mol. The van der Waals surface area contributed by atoms with Crippen molar-refractivity contribution in [2.45, 2.75) is 24.4 Å². The predicted octanol–water partition coefficient (Wildman–Crippen LogP) is 3.45. The maximum Gasteiger partial charge on any atom is 0.417 e. The highest BCUT2D eigenvalue weighted by atomic mass is 35.5. The Morgan fingerprint density at radius 3 is 2.58 bits per heavy atom. The van der Waals surface area contributed by atoms with Gasteiger partial charge in [0.05, 0.1) is 16.5 Å². The van der Waals surface area contributed by atoms with E-state index in [9.17, 15) is 18.0 Å². The van der Waals surface area contributed by atoms with Crippen molar-refractivity contribution < 1.29 is 18.0 Å². The number of carbonyl (C=O) groups is 1. The lowest BCUT2D eigenvalue weighted by atomic mass is 10.1. The SMILES string of the molecule is O=C(NCC(Cl)C1CC1)c1ccccc1C(F)(F)F. The Bertz CT molecular complexity index is 471. The summed E-state index contributed by atoms with van der Waals surface area (Å²) in [5.74, 6) is -0.362. The van der Waals surface area contributed by atoms with Gasteiger partial charge in [-0.05, 0) is 30.9 Å². The molecule has 1 saturated carbocycles. The molecule has 0 spiro atoms. The lowest BCUT2D eigenvalue weighted by Gasteiger charge is -2.14. The molecule has 1 unspecified atom stereocenters. The van der Waals surface area contributed by atoms with Gasteiger partial charge in [0, 0.05) is 6.54 Å². The van der Waals surface area contributed by atoms with Crippen molar-refractivity contribution >= 4 is 17.5 Å². The Morgan fingerprint density at radius 2 is 2.00 bits per heavy atom. The fraction of sp³-hybridized carbons (Fsp3) is 0.462. The minimum atomic E-state index is -4.54. The second kappa shape index (κ2) is 5.41. The Hall–Kier alpha value is -1.23. The maximum absolute atomic E-state index is 12.7. The lowest BCUT2D eigenvalue weighted by Crippen LogP contribution is -2.32. The molecule has 1 amide bonds. The highest BCUT2D eigenvalue weighted by molar-refractivity contribution is 6.21. The number of benzene rings is 1. The van der Waals surface area contributed by atoms with Crippen molar-refractivity contribution in [2.75, 3.05) is 6.54 Å². The smallest absolute Gasteiger partial charge is 0.351 e. The molecule has 0 aromatic heterocycles. The van der Waals surface area contributed by atoms with Crippen LogP contribution in [0, 0.1) is 5.92 Å². The Kier molecular flexibility index (Phi) is 4.04. The maximum atomic E-state index is 12.7. The molecule has 0 heterocycles. The van der Waals surface area contributed by atoms with Gasteiger partial charge in [0.2, 0.25) is 0 Å². The molecular formula is C13H13ClF3NO. The summed E-state index contributed by atoms with van der Waals surface area (Å²) in [5, 5.41) is 2.26. The second-order valence-electron chi connectivity index (χ2n) is 4.61. The molecule has 1 aliphatic carbocycles. The fourth-order valence-electron chi connectivity index (χ4n) is 1.84. The normalized spacial score (nSPS) is 17.1. The van der Waals surface area contributed by atoms with Gasteiger partial charge in [-0.15, -0.1) is 11.6 Å². The average Bonchev–Trinajstić information content (AvgIpc) is 3.18. The number of alkyl halides is 4. The molecule has 1 aromatic rings. The summed E-state index contributed by atoms with van der Waals surface area (Å²) in [6.45, 7) is 0.192. The van der Waals surface area contributed by atoms with E-state index in [2.05, 4.69) is 5.32 Å². The Balaban J connectivity index is 2.06. The van der Waals surface area contributed by atoms with Gasteiger partial charge in [-0.25, -0.2) is 0 Å². The van der Waals surface area contributed by atoms with Gasteiger partial charge in [-0.3, -0.25) is 4.79 Å². The first-order valence-electron chi connectivity index (χ1n) is 5.98. The first-order valence-corrected chi connectivity index (χ1v) is 6.41. The van der Waals surface area contributed by atoms with Crippen molar-refractivity contribution in [3.63, 3.8) is 0 Å². The Morgan fingerprint density at radius 1 is 1.37 bits per heavy atom. The van der Waals surface area contributed by atoms with Crippen molar-refractivity contribution in [2.24, 2.45) is 5.92 Å². The van der Waals surface area contributed by atoms with Crippen LogP contribution in [-0.2, 0) is 6.18 Å². The third kappa shape index (κ3) is 3.62. The second-order valence-corrected chi connectivity index (χ2v) is 5.17. The van der Waals surface area contributed by atoms with E-state index in [4.69, 9.17) is 11.6 Å². The van der Waals surface area contributed by atoms with Gasteiger partial charge in [0.15, 0.2) is 0 Å². The average molecular weight is 292 g/mol. The van der Waals surface area contributed by atoms with E-state index in [1.165, 1.54) is 18.2 Å². The first-order chi connectivity index (χ1) is 8.89. The number of rotatable bonds is 4. The summed E-state index contributed by atoms with van der Waals surface area (Å²) in [6.07, 6.45) is -2.50. The van der Waals surface area contributed by atoms with Crippen LogP contribution < -0.4 is 5.32 Å². The molecule has 0 radical (unpaired) electrons. The molecule has 2 rings (SSSR count). The standard InChI is InChI=1S/C13H13ClF3NO/c14-11(8-5-6-8)7-18-12(19)9-3-1-2-4-10(9)13(15,16)17/h1-4,8,11H,5-7H2,(H,18,19).